The Morgan fingerprint density at radius 3 is 2.74 bits per heavy atom. The molecular formula is C14H17N3O2. The Hall–Kier alpha value is -2.30. The molecule has 1 heterocycles. The number of carbonyl (C=O) groups excluding carboxylic acids is 1. The van der Waals surface area contributed by atoms with Crippen molar-refractivity contribution in [3.63, 3.8) is 0 Å². The van der Waals surface area contributed by atoms with Gasteiger partial charge in [-0.2, -0.15) is 5.10 Å². The van der Waals surface area contributed by atoms with Crippen LogP contribution in [0.2, 0.25) is 0 Å². The first-order chi connectivity index (χ1) is 9.28. The fourth-order valence-electron chi connectivity index (χ4n) is 1.72. The first-order valence-corrected chi connectivity index (χ1v) is 6.29. The first kappa shape index (κ1) is 13.1. The lowest BCUT2D eigenvalue weighted by molar-refractivity contribution is -0.116. The number of rotatable bonds is 6. The molecule has 1 aromatic heterocycles. The van der Waals surface area contributed by atoms with Crippen LogP contribution in [0.25, 0.3) is 0 Å². The van der Waals surface area contributed by atoms with Crippen molar-refractivity contribution >= 4 is 11.7 Å². The van der Waals surface area contributed by atoms with E-state index in [-0.39, 0.29) is 5.91 Å². The fourth-order valence-corrected chi connectivity index (χ4v) is 1.72. The smallest absolute Gasteiger partial charge is 0.225 e. The molecule has 0 bridgehead atoms. The second-order valence-electron chi connectivity index (χ2n) is 4.10. The number of nitrogens with zero attached hydrogens (tertiary/aromatic N) is 1. The summed E-state index contributed by atoms with van der Waals surface area (Å²) in [5.41, 5.74) is 1.11. The number of amides is 1. The number of hydrogen-bond donors (Lipinski definition) is 2. The third-order valence-corrected chi connectivity index (χ3v) is 2.65. The number of nitrogens with one attached hydrogen (secondary N) is 2. The zero-order valence-corrected chi connectivity index (χ0v) is 10.8. The topological polar surface area (TPSA) is 67.0 Å². The molecule has 100 valence electrons. The molecule has 0 unspecified atom stereocenters. The summed E-state index contributed by atoms with van der Waals surface area (Å²) >= 11 is 0. The molecule has 0 spiro atoms. The Morgan fingerprint density at radius 1 is 1.32 bits per heavy atom. The number of ether oxygens (including phenoxy) is 1. The lowest BCUT2D eigenvalue weighted by Crippen LogP contribution is -2.12. The number of hydrogen-bond acceptors (Lipinski definition) is 3. The fraction of sp³-hybridized carbons (Fsp3) is 0.286. The van der Waals surface area contributed by atoms with Gasteiger partial charge in [0.1, 0.15) is 11.6 Å². The second-order valence-corrected chi connectivity index (χ2v) is 4.10. The Morgan fingerprint density at radius 2 is 2.11 bits per heavy atom. The molecule has 5 nitrogen and oxygen atoms in total. The molecule has 0 aliphatic rings. The van der Waals surface area contributed by atoms with Gasteiger partial charge in [-0.15, -0.1) is 0 Å². The average molecular weight is 259 g/mol. The van der Waals surface area contributed by atoms with Crippen LogP contribution < -0.4 is 10.1 Å². The van der Waals surface area contributed by atoms with Crippen molar-refractivity contribution in [3.8, 4) is 5.75 Å². The highest BCUT2D eigenvalue weighted by Crippen LogP contribution is 2.13. The number of aromatic nitrogens is 2. The highest BCUT2D eigenvalue weighted by molar-refractivity contribution is 5.89. The monoisotopic (exact) mass is 259 g/mol. The second kappa shape index (κ2) is 6.58. The molecule has 2 N–H and O–H groups in total. The van der Waals surface area contributed by atoms with E-state index in [0.29, 0.717) is 25.3 Å². The van der Waals surface area contributed by atoms with Crippen molar-refractivity contribution in [2.24, 2.45) is 0 Å². The highest BCUT2D eigenvalue weighted by Gasteiger charge is 2.04. The third-order valence-electron chi connectivity index (χ3n) is 2.65. The van der Waals surface area contributed by atoms with Crippen molar-refractivity contribution in [2.45, 2.75) is 19.8 Å². The van der Waals surface area contributed by atoms with Crippen LogP contribution in [0, 0.1) is 0 Å². The SMILES string of the molecule is CCOc1ccc(CCC(=O)Nc2ccn[nH]2)cc1. The molecule has 0 atom stereocenters. The zero-order chi connectivity index (χ0) is 13.5. The normalized spacial score (nSPS) is 10.2. The van der Waals surface area contributed by atoms with Gasteiger partial charge in [0.05, 0.1) is 12.8 Å². The maximum absolute atomic E-state index is 11.7. The van der Waals surface area contributed by atoms with E-state index in [1.807, 2.05) is 31.2 Å². The minimum atomic E-state index is -0.0295. The van der Waals surface area contributed by atoms with Gasteiger partial charge in [-0.05, 0) is 31.0 Å². The summed E-state index contributed by atoms with van der Waals surface area (Å²) in [6.45, 7) is 2.61. The van der Waals surface area contributed by atoms with Gasteiger partial charge in [0, 0.05) is 12.5 Å². The van der Waals surface area contributed by atoms with E-state index in [0.717, 1.165) is 11.3 Å². The van der Waals surface area contributed by atoms with E-state index in [1.165, 1.54) is 0 Å². The molecule has 5 heteroatoms. The van der Waals surface area contributed by atoms with Crippen LogP contribution in [0.3, 0.4) is 0 Å². The van der Waals surface area contributed by atoms with Crippen LogP contribution in [0.15, 0.2) is 36.5 Å². The van der Waals surface area contributed by atoms with Crippen LogP contribution >= 0.6 is 0 Å². The average Bonchev–Trinajstić information content (AvgIpc) is 2.91. The largest absolute Gasteiger partial charge is 0.494 e. The number of aryl methyl sites for hydroxylation is 1. The van der Waals surface area contributed by atoms with Crippen LogP contribution in [0.4, 0.5) is 5.82 Å². The molecule has 0 radical (unpaired) electrons. The van der Waals surface area contributed by atoms with Gasteiger partial charge in [0.2, 0.25) is 5.91 Å². The Labute approximate surface area is 112 Å². The van der Waals surface area contributed by atoms with Crippen molar-refractivity contribution in [1.82, 2.24) is 10.2 Å². The molecule has 0 aliphatic carbocycles. The lowest BCUT2D eigenvalue weighted by atomic mass is 10.1. The van der Waals surface area contributed by atoms with E-state index < -0.39 is 0 Å². The summed E-state index contributed by atoms with van der Waals surface area (Å²) in [5, 5.41) is 9.20. The molecule has 1 amide bonds. The van der Waals surface area contributed by atoms with Crippen molar-refractivity contribution in [3.05, 3.63) is 42.1 Å². The number of benzene rings is 1. The van der Waals surface area contributed by atoms with E-state index in [1.54, 1.807) is 12.3 Å². The van der Waals surface area contributed by atoms with Gasteiger partial charge < -0.3 is 10.1 Å². The summed E-state index contributed by atoms with van der Waals surface area (Å²) in [4.78, 5) is 11.7. The molecule has 0 aliphatic heterocycles. The first-order valence-electron chi connectivity index (χ1n) is 6.29. The van der Waals surface area contributed by atoms with Crippen LogP contribution in [0.5, 0.6) is 5.75 Å². The van der Waals surface area contributed by atoms with Crippen LogP contribution in [0.1, 0.15) is 18.9 Å². The van der Waals surface area contributed by atoms with E-state index in [2.05, 4.69) is 15.5 Å². The van der Waals surface area contributed by atoms with Gasteiger partial charge in [0.15, 0.2) is 0 Å². The van der Waals surface area contributed by atoms with Gasteiger partial charge in [-0.1, -0.05) is 12.1 Å². The number of aromatic amines is 1. The number of carbonyl (C=O) groups is 1. The molecular weight excluding hydrogens is 242 g/mol. The van der Waals surface area contributed by atoms with E-state index in [9.17, 15) is 4.79 Å². The number of H-pyrrole nitrogens is 1. The van der Waals surface area contributed by atoms with Gasteiger partial charge in [0.25, 0.3) is 0 Å². The zero-order valence-electron chi connectivity index (χ0n) is 10.8. The van der Waals surface area contributed by atoms with Gasteiger partial charge in [-0.3, -0.25) is 9.89 Å². The number of anilines is 1. The predicted molar refractivity (Wildman–Crippen MR) is 73.1 cm³/mol. The summed E-state index contributed by atoms with van der Waals surface area (Å²) in [6.07, 6.45) is 2.74. The van der Waals surface area contributed by atoms with Crippen LogP contribution in [-0.2, 0) is 11.2 Å². The molecule has 19 heavy (non-hydrogen) atoms. The van der Waals surface area contributed by atoms with Gasteiger partial charge >= 0.3 is 0 Å². The minimum absolute atomic E-state index is 0.0295. The third kappa shape index (κ3) is 4.13. The van der Waals surface area contributed by atoms with Crippen molar-refractivity contribution in [1.29, 1.82) is 0 Å². The van der Waals surface area contributed by atoms with Crippen LogP contribution in [-0.4, -0.2) is 22.7 Å². The van der Waals surface area contributed by atoms with Crippen molar-refractivity contribution < 1.29 is 9.53 Å². The quantitative estimate of drug-likeness (QED) is 0.837. The molecule has 2 aromatic rings. The summed E-state index contributed by atoms with van der Waals surface area (Å²) in [7, 11) is 0. The molecule has 0 saturated carbocycles. The lowest BCUT2D eigenvalue weighted by Gasteiger charge is -2.05. The molecule has 0 fully saturated rings. The van der Waals surface area contributed by atoms with E-state index >= 15 is 0 Å². The Kier molecular flexibility index (Phi) is 4.55. The Bertz CT molecular complexity index is 506. The predicted octanol–water partition coefficient (Wildman–Crippen LogP) is 2.38. The maximum atomic E-state index is 11.7. The standard InChI is InChI=1S/C14H17N3O2/c1-2-19-12-6-3-11(4-7-12)5-8-14(18)16-13-9-10-15-17-13/h3-4,6-7,9-10H,2,5,8H2,1H3,(H2,15,16,17,18). The summed E-state index contributed by atoms with van der Waals surface area (Å²) < 4.78 is 5.37. The molecule has 0 saturated heterocycles. The molecule has 1 aromatic carbocycles. The summed E-state index contributed by atoms with van der Waals surface area (Å²) in [5.74, 6) is 1.45. The van der Waals surface area contributed by atoms with Gasteiger partial charge in [-0.25, -0.2) is 0 Å². The van der Waals surface area contributed by atoms with Crippen molar-refractivity contribution in [2.75, 3.05) is 11.9 Å². The highest BCUT2D eigenvalue weighted by atomic mass is 16.5. The Balaban J connectivity index is 1.79. The maximum Gasteiger partial charge on any atom is 0.225 e. The summed E-state index contributed by atoms with van der Waals surface area (Å²) in [6, 6.07) is 9.52. The minimum Gasteiger partial charge on any atom is -0.494 e. The molecule has 2 rings (SSSR count). The van der Waals surface area contributed by atoms with E-state index in [4.69, 9.17) is 4.74 Å².